The van der Waals surface area contributed by atoms with Gasteiger partial charge in [-0.1, -0.05) is 0 Å². The first-order chi connectivity index (χ1) is 7.70. The molecule has 0 saturated carbocycles. The van der Waals surface area contributed by atoms with Crippen molar-refractivity contribution in [2.45, 2.75) is 51.2 Å². The van der Waals surface area contributed by atoms with E-state index in [0.717, 1.165) is 0 Å². The number of hydrogen-bond acceptors (Lipinski definition) is 4. The predicted molar refractivity (Wildman–Crippen MR) is 60.0 cm³/mol. The first-order valence-corrected chi connectivity index (χ1v) is 5.54. The van der Waals surface area contributed by atoms with Gasteiger partial charge in [-0.05, 0) is 27.2 Å². The van der Waals surface area contributed by atoms with Crippen LogP contribution in [0.4, 0.5) is 8.78 Å². The highest BCUT2D eigenvalue weighted by atomic mass is 19.3. The molecule has 1 atom stereocenters. The van der Waals surface area contributed by atoms with Crippen LogP contribution in [0.1, 0.15) is 33.6 Å². The lowest BCUT2D eigenvalue weighted by Crippen LogP contribution is -2.46. The van der Waals surface area contributed by atoms with Crippen LogP contribution in [0.15, 0.2) is 0 Å². The van der Waals surface area contributed by atoms with Crippen molar-refractivity contribution in [2.24, 2.45) is 0 Å². The van der Waals surface area contributed by atoms with Crippen LogP contribution in [0.5, 0.6) is 0 Å². The van der Waals surface area contributed by atoms with Crippen molar-refractivity contribution in [1.29, 1.82) is 0 Å². The zero-order chi connectivity index (χ0) is 13.5. The molecule has 0 aromatic carbocycles. The second-order valence-corrected chi connectivity index (χ2v) is 4.98. The Kier molecular flexibility index (Phi) is 6.56. The molecule has 1 aliphatic heterocycles. The SMILES string of the molecule is CC(C)(C)OC=O.OC[C@H]1CCC(F)(F)CN1. The van der Waals surface area contributed by atoms with Crippen LogP contribution in [-0.2, 0) is 9.53 Å². The molecule has 4 nitrogen and oxygen atoms in total. The maximum Gasteiger partial charge on any atom is 0.293 e. The standard InChI is InChI=1S/C6H11F2NO.C5H10O2/c7-6(8)2-1-5(3-10)9-4-6;1-5(2,3)7-4-6/h5,9-10H,1-4H2;4H,1-3H3/t5-;/m1./s1. The molecule has 17 heavy (non-hydrogen) atoms. The Bertz CT molecular complexity index is 219. The molecule has 0 radical (unpaired) electrons. The van der Waals surface area contributed by atoms with Crippen molar-refractivity contribution in [3.05, 3.63) is 0 Å². The summed E-state index contributed by atoms with van der Waals surface area (Å²) in [5, 5.41) is 11.1. The predicted octanol–water partition coefficient (Wildman–Crippen LogP) is 1.32. The Labute approximate surface area is 100 Å². The molecular weight excluding hydrogens is 232 g/mol. The molecule has 0 aromatic heterocycles. The molecule has 1 rings (SSSR count). The van der Waals surface area contributed by atoms with E-state index in [9.17, 15) is 13.6 Å². The Hall–Kier alpha value is -0.750. The Morgan fingerprint density at radius 3 is 2.35 bits per heavy atom. The van der Waals surface area contributed by atoms with Crippen LogP contribution in [0.3, 0.4) is 0 Å². The second-order valence-electron chi connectivity index (χ2n) is 4.98. The van der Waals surface area contributed by atoms with Crippen molar-refractivity contribution in [2.75, 3.05) is 13.2 Å². The largest absolute Gasteiger partial charge is 0.462 e. The van der Waals surface area contributed by atoms with Crippen molar-refractivity contribution < 1.29 is 23.4 Å². The summed E-state index contributed by atoms with van der Waals surface area (Å²) >= 11 is 0. The van der Waals surface area contributed by atoms with Gasteiger partial charge in [0, 0.05) is 12.5 Å². The third-order valence-electron chi connectivity index (χ3n) is 2.13. The van der Waals surface area contributed by atoms with E-state index in [1.54, 1.807) is 0 Å². The number of piperidine rings is 1. The minimum atomic E-state index is -2.56. The zero-order valence-electron chi connectivity index (χ0n) is 10.5. The Morgan fingerprint density at radius 1 is 1.53 bits per heavy atom. The molecule has 0 unspecified atom stereocenters. The summed E-state index contributed by atoms with van der Waals surface area (Å²) in [6.07, 6.45) is 0.259. The summed E-state index contributed by atoms with van der Waals surface area (Å²) in [6.45, 7) is 5.58. The molecule has 1 aliphatic rings. The fraction of sp³-hybridized carbons (Fsp3) is 0.909. The van der Waals surface area contributed by atoms with Gasteiger partial charge in [0.15, 0.2) is 0 Å². The van der Waals surface area contributed by atoms with Gasteiger partial charge in [0.2, 0.25) is 0 Å². The average molecular weight is 253 g/mol. The molecule has 0 aromatic rings. The number of alkyl halides is 2. The summed E-state index contributed by atoms with van der Waals surface area (Å²) in [7, 11) is 0. The topological polar surface area (TPSA) is 58.6 Å². The normalized spacial score (nSPS) is 23.3. The van der Waals surface area contributed by atoms with Crippen LogP contribution < -0.4 is 5.32 Å². The van der Waals surface area contributed by atoms with E-state index in [2.05, 4.69) is 10.1 Å². The highest BCUT2D eigenvalue weighted by Crippen LogP contribution is 2.24. The number of aliphatic hydroxyl groups is 1. The molecule has 0 aliphatic carbocycles. The van der Waals surface area contributed by atoms with E-state index in [1.807, 2.05) is 20.8 Å². The van der Waals surface area contributed by atoms with Crippen LogP contribution in [0.2, 0.25) is 0 Å². The second kappa shape index (κ2) is 6.86. The maximum atomic E-state index is 12.4. The Balaban J connectivity index is 0.000000325. The van der Waals surface area contributed by atoms with Gasteiger partial charge in [-0.15, -0.1) is 0 Å². The number of aliphatic hydroxyl groups excluding tert-OH is 1. The van der Waals surface area contributed by atoms with Crippen LogP contribution in [0.25, 0.3) is 0 Å². The van der Waals surface area contributed by atoms with Gasteiger partial charge in [0.25, 0.3) is 12.4 Å². The third kappa shape index (κ3) is 9.00. The van der Waals surface area contributed by atoms with Crippen LogP contribution in [0, 0.1) is 0 Å². The van der Waals surface area contributed by atoms with Gasteiger partial charge in [-0.2, -0.15) is 0 Å². The molecule has 102 valence electrons. The number of carbonyl (C=O) groups excluding carboxylic acids is 1. The van der Waals surface area contributed by atoms with Crippen molar-refractivity contribution in [3.63, 3.8) is 0 Å². The minimum absolute atomic E-state index is 0.0456. The highest BCUT2D eigenvalue weighted by Gasteiger charge is 2.34. The van der Waals surface area contributed by atoms with Gasteiger partial charge in [-0.25, -0.2) is 8.78 Å². The number of ether oxygens (including phenoxy) is 1. The lowest BCUT2D eigenvalue weighted by Gasteiger charge is -2.28. The first kappa shape index (κ1) is 16.2. The van der Waals surface area contributed by atoms with Gasteiger partial charge >= 0.3 is 0 Å². The molecule has 1 fully saturated rings. The maximum absolute atomic E-state index is 12.4. The van der Waals surface area contributed by atoms with Crippen molar-refractivity contribution in [3.8, 4) is 0 Å². The van der Waals surface area contributed by atoms with Gasteiger partial charge in [0.05, 0.1) is 13.2 Å². The van der Waals surface area contributed by atoms with Crippen LogP contribution >= 0.6 is 0 Å². The molecule has 1 saturated heterocycles. The first-order valence-electron chi connectivity index (χ1n) is 5.54. The van der Waals surface area contributed by atoms with Gasteiger partial charge in [-0.3, -0.25) is 4.79 Å². The van der Waals surface area contributed by atoms with Gasteiger partial charge in [0.1, 0.15) is 5.60 Å². The number of halogens is 2. The molecule has 2 N–H and O–H groups in total. The monoisotopic (exact) mass is 253 g/mol. The molecule has 1 heterocycles. The van der Waals surface area contributed by atoms with E-state index in [0.29, 0.717) is 12.9 Å². The number of nitrogens with one attached hydrogen (secondary N) is 1. The third-order valence-corrected chi connectivity index (χ3v) is 2.13. The lowest BCUT2D eigenvalue weighted by atomic mass is 10.0. The number of rotatable bonds is 2. The summed E-state index contributed by atoms with van der Waals surface area (Å²) in [4.78, 5) is 9.60. The molecule has 0 bridgehead atoms. The van der Waals surface area contributed by atoms with E-state index >= 15 is 0 Å². The van der Waals surface area contributed by atoms with Crippen LogP contribution in [-0.4, -0.2) is 42.3 Å². The molecule has 0 spiro atoms. The fourth-order valence-electron chi connectivity index (χ4n) is 1.17. The van der Waals surface area contributed by atoms with Crippen molar-refractivity contribution >= 4 is 6.47 Å². The molecule has 6 heteroatoms. The van der Waals surface area contributed by atoms with E-state index in [1.165, 1.54) is 0 Å². The summed E-state index contributed by atoms with van der Waals surface area (Å²) in [5.74, 6) is -2.56. The van der Waals surface area contributed by atoms with Crippen molar-refractivity contribution in [1.82, 2.24) is 5.32 Å². The fourth-order valence-corrected chi connectivity index (χ4v) is 1.17. The van der Waals surface area contributed by atoms with Gasteiger partial charge < -0.3 is 15.2 Å². The number of hydrogen-bond donors (Lipinski definition) is 2. The summed E-state index contributed by atoms with van der Waals surface area (Å²) < 4.78 is 29.3. The Morgan fingerprint density at radius 2 is 2.12 bits per heavy atom. The average Bonchev–Trinajstić information content (AvgIpc) is 2.17. The zero-order valence-corrected chi connectivity index (χ0v) is 10.5. The van der Waals surface area contributed by atoms with E-state index in [4.69, 9.17) is 5.11 Å². The quantitative estimate of drug-likeness (QED) is 0.729. The number of carbonyl (C=O) groups is 1. The molecule has 0 amide bonds. The van der Waals surface area contributed by atoms with E-state index < -0.39 is 5.92 Å². The van der Waals surface area contributed by atoms with E-state index in [-0.39, 0.29) is 31.2 Å². The lowest BCUT2D eigenvalue weighted by molar-refractivity contribution is -0.138. The molecular formula is C11H21F2NO3. The minimum Gasteiger partial charge on any atom is -0.462 e. The smallest absolute Gasteiger partial charge is 0.293 e. The summed E-state index contributed by atoms with van der Waals surface area (Å²) in [6, 6.07) is -0.125. The highest BCUT2D eigenvalue weighted by molar-refractivity contribution is 5.37. The summed E-state index contributed by atoms with van der Waals surface area (Å²) in [5.41, 5.74) is -0.318.